The van der Waals surface area contributed by atoms with E-state index in [-0.39, 0.29) is 23.7 Å². The van der Waals surface area contributed by atoms with E-state index < -0.39 is 6.10 Å². The van der Waals surface area contributed by atoms with Gasteiger partial charge >= 0.3 is 0 Å². The van der Waals surface area contributed by atoms with Crippen LogP contribution in [0.15, 0.2) is 97.1 Å². The van der Waals surface area contributed by atoms with E-state index in [0.29, 0.717) is 23.5 Å². The maximum absolute atomic E-state index is 13.6. The van der Waals surface area contributed by atoms with E-state index in [4.69, 9.17) is 4.74 Å². The zero-order valence-electron chi connectivity index (χ0n) is 21.4. The van der Waals surface area contributed by atoms with E-state index in [9.17, 15) is 14.0 Å². The topological polar surface area (TPSA) is 58.6 Å². The molecule has 4 aromatic rings. The zero-order chi connectivity index (χ0) is 26.6. The van der Waals surface area contributed by atoms with Crippen molar-refractivity contribution in [2.45, 2.75) is 32.4 Å². The summed E-state index contributed by atoms with van der Waals surface area (Å²) in [5, 5.41) is 2.75. The Morgan fingerprint density at radius 3 is 2.45 bits per heavy atom. The van der Waals surface area contributed by atoms with Gasteiger partial charge in [0.15, 0.2) is 6.10 Å². The second-order valence-corrected chi connectivity index (χ2v) is 9.55. The maximum Gasteiger partial charge on any atom is 0.265 e. The molecule has 0 fully saturated rings. The van der Waals surface area contributed by atoms with Gasteiger partial charge in [-0.3, -0.25) is 9.59 Å². The van der Waals surface area contributed by atoms with Crippen molar-refractivity contribution < 1.29 is 18.7 Å². The normalized spacial score (nSPS) is 15.3. The first-order valence-electron chi connectivity index (χ1n) is 12.7. The molecule has 1 aliphatic heterocycles. The number of ether oxygens (including phenoxy) is 1. The highest BCUT2D eigenvalue weighted by molar-refractivity contribution is 5.95. The van der Waals surface area contributed by atoms with Crippen molar-refractivity contribution in [3.05, 3.63) is 131 Å². The molecule has 4 aromatic carbocycles. The van der Waals surface area contributed by atoms with E-state index in [1.54, 1.807) is 6.92 Å². The van der Waals surface area contributed by atoms with Crippen LogP contribution in [0.5, 0.6) is 5.75 Å². The lowest BCUT2D eigenvalue weighted by Gasteiger charge is -2.38. The highest BCUT2D eigenvalue weighted by Gasteiger charge is 2.33. The van der Waals surface area contributed by atoms with Gasteiger partial charge < -0.3 is 15.0 Å². The SMILES string of the molecule is Cc1cccc([C@@H]2c3cc(O[C@@H](C)C(=O)Nc4ccc(F)cc4)ccc3CCN2C(=O)c2ccccc2)c1. The molecule has 0 saturated carbocycles. The summed E-state index contributed by atoms with van der Waals surface area (Å²) in [5.74, 6) is -0.201. The van der Waals surface area contributed by atoms with Crippen molar-refractivity contribution in [1.29, 1.82) is 0 Å². The number of anilines is 1. The molecule has 38 heavy (non-hydrogen) atoms. The second-order valence-electron chi connectivity index (χ2n) is 9.55. The van der Waals surface area contributed by atoms with Crippen molar-refractivity contribution in [3.63, 3.8) is 0 Å². The third-order valence-corrected chi connectivity index (χ3v) is 6.78. The van der Waals surface area contributed by atoms with Crippen LogP contribution in [0, 0.1) is 12.7 Å². The molecule has 0 aromatic heterocycles. The Morgan fingerprint density at radius 1 is 0.947 bits per heavy atom. The Morgan fingerprint density at radius 2 is 1.71 bits per heavy atom. The van der Waals surface area contributed by atoms with Gasteiger partial charge in [0.25, 0.3) is 11.8 Å². The number of hydrogen-bond acceptors (Lipinski definition) is 3. The summed E-state index contributed by atoms with van der Waals surface area (Å²) in [5.41, 5.74) is 5.40. The highest BCUT2D eigenvalue weighted by Crippen LogP contribution is 2.38. The lowest BCUT2D eigenvalue weighted by Crippen LogP contribution is -2.40. The fourth-order valence-corrected chi connectivity index (χ4v) is 4.87. The number of aryl methyl sites for hydroxylation is 1. The van der Waals surface area contributed by atoms with Gasteiger partial charge in [-0.15, -0.1) is 0 Å². The number of benzene rings is 4. The van der Waals surface area contributed by atoms with E-state index in [0.717, 1.165) is 28.7 Å². The van der Waals surface area contributed by atoms with E-state index in [2.05, 4.69) is 11.4 Å². The van der Waals surface area contributed by atoms with Crippen LogP contribution in [-0.4, -0.2) is 29.4 Å². The first-order valence-corrected chi connectivity index (χ1v) is 12.7. The number of halogens is 1. The van der Waals surface area contributed by atoms with E-state index in [1.165, 1.54) is 24.3 Å². The summed E-state index contributed by atoms with van der Waals surface area (Å²) >= 11 is 0. The molecule has 0 radical (unpaired) electrons. The molecule has 0 unspecified atom stereocenters. The van der Waals surface area contributed by atoms with E-state index in [1.807, 2.05) is 78.6 Å². The number of carbonyl (C=O) groups excluding carboxylic acids is 2. The minimum Gasteiger partial charge on any atom is -0.481 e. The lowest BCUT2D eigenvalue weighted by molar-refractivity contribution is -0.122. The monoisotopic (exact) mass is 508 g/mol. The van der Waals surface area contributed by atoms with Crippen molar-refractivity contribution in [3.8, 4) is 5.75 Å². The fourth-order valence-electron chi connectivity index (χ4n) is 4.87. The predicted molar refractivity (Wildman–Crippen MR) is 146 cm³/mol. The van der Waals surface area contributed by atoms with Crippen molar-refractivity contribution >= 4 is 17.5 Å². The third kappa shape index (κ3) is 5.44. The Kier molecular flexibility index (Phi) is 7.22. The summed E-state index contributed by atoms with van der Waals surface area (Å²) < 4.78 is 19.2. The minimum absolute atomic E-state index is 0.0267. The largest absolute Gasteiger partial charge is 0.481 e. The standard InChI is InChI=1S/C32H29FN2O3/c1-21-7-6-10-25(19-21)30-29-20-28(38-22(2)31(36)34-27-14-12-26(33)13-15-27)16-11-23(29)17-18-35(30)32(37)24-8-4-3-5-9-24/h3-16,19-20,22,30H,17-18H2,1-2H3,(H,34,36)/t22-,30+/m0/s1. The third-order valence-electron chi connectivity index (χ3n) is 6.78. The molecule has 1 heterocycles. The van der Waals surface area contributed by atoms with Crippen LogP contribution in [0.3, 0.4) is 0 Å². The molecule has 0 saturated heterocycles. The van der Waals surface area contributed by atoms with Gasteiger partial charge in [0.2, 0.25) is 0 Å². The molecule has 6 heteroatoms. The summed E-state index contributed by atoms with van der Waals surface area (Å²) in [6, 6.07) is 28.6. The Hall–Kier alpha value is -4.45. The van der Waals surface area contributed by atoms with Gasteiger partial charge in [0.05, 0.1) is 6.04 Å². The molecular formula is C32H29FN2O3. The van der Waals surface area contributed by atoms with E-state index >= 15 is 0 Å². The molecule has 5 rings (SSSR count). The number of hydrogen-bond donors (Lipinski definition) is 1. The molecule has 0 spiro atoms. The van der Waals surface area contributed by atoms with Crippen LogP contribution in [-0.2, 0) is 11.2 Å². The molecule has 0 bridgehead atoms. The second kappa shape index (κ2) is 10.9. The molecule has 1 aliphatic rings. The summed E-state index contributed by atoms with van der Waals surface area (Å²) in [6.45, 7) is 4.30. The molecule has 2 atom stereocenters. The number of nitrogens with zero attached hydrogens (tertiary/aromatic N) is 1. The van der Waals surface area contributed by atoms with Crippen LogP contribution in [0.1, 0.15) is 45.6 Å². The minimum atomic E-state index is -0.791. The first kappa shape index (κ1) is 25.2. The average Bonchev–Trinajstić information content (AvgIpc) is 2.93. The zero-order valence-corrected chi connectivity index (χ0v) is 21.4. The molecule has 5 nitrogen and oxygen atoms in total. The van der Waals surface area contributed by atoms with Crippen LogP contribution in [0.25, 0.3) is 0 Å². The number of carbonyl (C=O) groups is 2. The van der Waals surface area contributed by atoms with Crippen LogP contribution in [0.4, 0.5) is 10.1 Å². The Balaban J connectivity index is 1.44. The van der Waals surface area contributed by atoms with Crippen molar-refractivity contribution in [1.82, 2.24) is 4.90 Å². The molecular weight excluding hydrogens is 479 g/mol. The number of fused-ring (bicyclic) bond motifs is 1. The molecule has 1 N–H and O–H groups in total. The first-order chi connectivity index (χ1) is 18.4. The van der Waals surface area contributed by atoms with Crippen molar-refractivity contribution in [2.24, 2.45) is 0 Å². The van der Waals surface area contributed by atoms with Crippen LogP contribution in [0.2, 0.25) is 0 Å². The van der Waals surface area contributed by atoms with Gasteiger partial charge in [0, 0.05) is 17.8 Å². The highest BCUT2D eigenvalue weighted by atomic mass is 19.1. The quantitative estimate of drug-likeness (QED) is 0.331. The molecule has 2 amide bonds. The predicted octanol–water partition coefficient (Wildman–Crippen LogP) is 6.33. The van der Waals surface area contributed by atoms with Gasteiger partial charge in [-0.05, 0) is 85.5 Å². The Labute approximate surface area is 221 Å². The van der Waals surface area contributed by atoms with Crippen LogP contribution >= 0.6 is 0 Å². The van der Waals surface area contributed by atoms with Gasteiger partial charge in [-0.25, -0.2) is 4.39 Å². The molecule has 0 aliphatic carbocycles. The van der Waals surface area contributed by atoms with Crippen LogP contribution < -0.4 is 10.1 Å². The summed E-state index contributed by atoms with van der Waals surface area (Å²) in [4.78, 5) is 28.3. The number of rotatable bonds is 6. The smallest absolute Gasteiger partial charge is 0.265 e. The van der Waals surface area contributed by atoms with Crippen molar-refractivity contribution in [2.75, 3.05) is 11.9 Å². The summed E-state index contributed by atoms with van der Waals surface area (Å²) in [7, 11) is 0. The lowest BCUT2D eigenvalue weighted by atomic mass is 9.87. The number of nitrogens with one attached hydrogen (secondary N) is 1. The fraction of sp³-hybridized carbons (Fsp3) is 0.188. The van der Waals surface area contributed by atoms with Gasteiger partial charge in [-0.2, -0.15) is 0 Å². The number of amides is 2. The Bertz CT molecular complexity index is 1450. The maximum atomic E-state index is 13.6. The summed E-state index contributed by atoms with van der Waals surface area (Å²) in [6.07, 6.45) is -0.0712. The van der Waals surface area contributed by atoms with Gasteiger partial charge in [-0.1, -0.05) is 54.1 Å². The van der Waals surface area contributed by atoms with Gasteiger partial charge in [0.1, 0.15) is 11.6 Å². The average molecular weight is 509 g/mol. The molecule has 192 valence electrons.